The van der Waals surface area contributed by atoms with E-state index in [2.05, 4.69) is 10.3 Å². The van der Waals surface area contributed by atoms with Gasteiger partial charge in [-0.15, -0.1) is 11.8 Å². The molecule has 0 radical (unpaired) electrons. The van der Waals surface area contributed by atoms with Crippen molar-refractivity contribution in [1.29, 1.82) is 0 Å². The lowest BCUT2D eigenvalue weighted by Crippen LogP contribution is -2.30. The number of pyridine rings is 1. The largest absolute Gasteiger partial charge is 0.396 e. The second kappa shape index (κ2) is 9.16. The Morgan fingerprint density at radius 2 is 2.23 bits per heavy atom. The average Bonchev–Trinajstić information content (AvgIpc) is 2.58. The summed E-state index contributed by atoms with van der Waals surface area (Å²) >= 11 is 1.70. The molecular weight excluding hydrogens is 296 g/mol. The van der Waals surface area contributed by atoms with Crippen molar-refractivity contribution in [2.24, 2.45) is 11.8 Å². The third-order valence-electron chi connectivity index (χ3n) is 4.12. The van der Waals surface area contributed by atoms with Crippen molar-refractivity contribution >= 4 is 17.7 Å². The number of aromatic nitrogens is 1. The minimum Gasteiger partial charge on any atom is -0.396 e. The highest BCUT2D eigenvalue weighted by molar-refractivity contribution is 7.99. The number of aliphatic hydroxyl groups is 1. The molecule has 1 aliphatic carbocycles. The van der Waals surface area contributed by atoms with Crippen LogP contribution in [0.4, 0.5) is 0 Å². The fourth-order valence-corrected chi connectivity index (χ4v) is 3.83. The van der Waals surface area contributed by atoms with Crippen molar-refractivity contribution in [3.63, 3.8) is 0 Å². The second-order valence-electron chi connectivity index (χ2n) is 6.17. The predicted molar refractivity (Wildman–Crippen MR) is 90.1 cm³/mol. The Hall–Kier alpha value is -1.07. The molecule has 1 atom stereocenters. The molecule has 0 aromatic carbocycles. The molecule has 0 spiro atoms. The molecule has 0 aliphatic heterocycles. The zero-order valence-electron chi connectivity index (χ0n) is 13.3. The molecule has 0 saturated heterocycles. The summed E-state index contributed by atoms with van der Waals surface area (Å²) in [6, 6.07) is 3.63. The number of amides is 1. The van der Waals surface area contributed by atoms with Gasteiger partial charge in [-0.25, -0.2) is 4.98 Å². The Morgan fingerprint density at radius 1 is 1.45 bits per heavy atom. The number of nitrogens with zero attached hydrogens (tertiary/aromatic N) is 1. The van der Waals surface area contributed by atoms with Gasteiger partial charge in [-0.2, -0.15) is 0 Å². The van der Waals surface area contributed by atoms with E-state index < -0.39 is 0 Å². The Morgan fingerprint density at radius 3 is 2.95 bits per heavy atom. The zero-order valence-corrected chi connectivity index (χ0v) is 14.1. The molecule has 1 heterocycles. The van der Waals surface area contributed by atoms with Crippen LogP contribution in [-0.4, -0.2) is 34.9 Å². The van der Waals surface area contributed by atoms with Crippen molar-refractivity contribution < 1.29 is 9.90 Å². The highest BCUT2D eigenvalue weighted by Gasteiger charge is 2.17. The topological polar surface area (TPSA) is 62.2 Å². The summed E-state index contributed by atoms with van der Waals surface area (Å²) in [5.41, 5.74) is 0.647. The third-order valence-corrected chi connectivity index (χ3v) is 5.36. The smallest absolute Gasteiger partial charge is 0.254 e. The maximum absolute atomic E-state index is 12.3. The first-order valence-electron chi connectivity index (χ1n) is 8.17. The summed E-state index contributed by atoms with van der Waals surface area (Å²) in [6.07, 6.45) is 8.38. The van der Waals surface area contributed by atoms with Gasteiger partial charge in [0.15, 0.2) is 0 Å². The second-order valence-corrected chi connectivity index (χ2v) is 7.18. The van der Waals surface area contributed by atoms with Crippen molar-refractivity contribution in [2.45, 2.75) is 44.1 Å². The first-order chi connectivity index (χ1) is 10.7. The fourth-order valence-electron chi connectivity index (χ4n) is 2.66. The lowest BCUT2D eigenvalue weighted by atomic mass is 9.91. The molecule has 22 heavy (non-hydrogen) atoms. The Kier molecular flexibility index (Phi) is 7.19. The fraction of sp³-hybridized carbons (Fsp3) is 0.647. The molecule has 0 bridgehead atoms. The van der Waals surface area contributed by atoms with Gasteiger partial charge in [0.25, 0.3) is 5.91 Å². The van der Waals surface area contributed by atoms with Crippen LogP contribution in [0.25, 0.3) is 0 Å². The van der Waals surface area contributed by atoms with Crippen LogP contribution in [-0.2, 0) is 0 Å². The normalized spacial score (nSPS) is 17.2. The number of thioether (sulfide) groups is 1. The maximum atomic E-state index is 12.3. The molecule has 2 rings (SSSR count). The van der Waals surface area contributed by atoms with Crippen molar-refractivity contribution in [1.82, 2.24) is 10.3 Å². The van der Waals surface area contributed by atoms with Crippen molar-refractivity contribution in [2.75, 3.05) is 18.9 Å². The lowest BCUT2D eigenvalue weighted by Gasteiger charge is -2.21. The third kappa shape index (κ3) is 5.29. The standard InChI is InChI=1S/C17H26N2O2S/c1-13(11-20)10-19-16(21)15-8-5-9-18-17(15)22-12-14-6-3-2-4-7-14/h5,8-9,13-14,20H,2-4,6-7,10-12H2,1H3,(H,19,21). The van der Waals surface area contributed by atoms with E-state index >= 15 is 0 Å². The number of aliphatic hydroxyl groups excluding tert-OH is 1. The van der Waals surface area contributed by atoms with E-state index in [9.17, 15) is 4.79 Å². The molecule has 5 heteroatoms. The van der Waals surface area contributed by atoms with E-state index in [4.69, 9.17) is 5.11 Å². The average molecular weight is 322 g/mol. The van der Waals surface area contributed by atoms with E-state index in [1.807, 2.05) is 13.0 Å². The number of hydrogen-bond donors (Lipinski definition) is 2. The van der Waals surface area contributed by atoms with Gasteiger partial charge in [0.2, 0.25) is 0 Å². The molecule has 1 unspecified atom stereocenters. The molecule has 2 N–H and O–H groups in total. The van der Waals surface area contributed by atoms with E-state index in [0.717, 1.165) is 16.7 Å². The zero-order chi connectivity index (χ0) is 15.8. The molecule has 1 aromatic heterocycles. The van der Waals surface area contributed by atoms with Gasteiger partial charge in [0, 0.05) is 25.1 Å². The highest BCUT2D eigenvalue weighted by atomic mass is 32.2. The number of rotatable bonds is 7. The summed E-state index contributed by atoms with van der Waals surface area (Å²) in [5.74, 6) is 1.77. The first-order valence-corrected chi connectivity index (χ1v) is 9.16. The predicted octanol–water partition coefficient (Wildman–Crippen LogP) is 3.11. The van der Waals surface area contributed by atoms with Gasteiger partial charge in [0.1, 0.15) is 5.03 Å². The molecule has 1 fully saturated rings. The minimum absolute atomic E-state index is 0.0685. The summed E-state index contributed by atoms with van der Waals surface area (Å²) in [4.78, 5) is 16.7. The lowest BCUT2D eigenvalue weighted by molar-refractivity contribution is 0.0938. The van der Waals surface area contributed by atoms with E-state index in [1.54, 1.807) is 24.0 Å². The van der Waals surface area contributed by atoms with Gasteiger partial charge < -0.3 is 10.4 Å². The van der Waals surface area contributed by atoms with E-state index in [-0.39, 0.29) is 18.4 Å². The van der Waals surface area contributed by atoms with Gasteiger partial charge in [0.05, 0.1) is 5.56 Å². The van der Waals surface area contributed by atoms with Gasteiger partial charge in [-0.1, -0.05) is 26.2 Å². The van der Waals surface area contributed by atoms with Crippen LogP contribution in [0.1, 0.15) is 49.4 Å². The van der Waals surface area contributed by atoms with Gasteiger partial charge in [-0.3, -0.25) is 4.79 Å². The summed E-state index contributed by atoms with van der Waals surface area (Å²) in [5, 5.41) is 12.7. The quantitative estimate of drug-likeness (QED) is 0.757. The van der Waals surface area contributed by atoms with Crippen LogP contribution in [0.15, 0.2) is 23.4 Å². The number of nitrogens with one attached hydrogen (secondary N) is 1. The maximum Gasteiger partial charge on any atom is 0.254 e. The number of hydrogen-bond acceptors (Lipinski definition) is 4. The first kappa shape index (κ1) is 17.3. The molecule has 1 amide bonds. The Balaban J connectivity index is 1.92. The highest BCUT2D eigenvalue weighted by Crippen LogP contribution is 2.30. The Labute approximate surface area is 137 Å². The van der Waals surface area contributed by atoms with E-state index in [0.29, 0.717) is 12.1 Å². The molecule has 122 valence electrons. The summed E-state index contributed by atoms with van der Waals surface area (Å²) in [6.45, 7) is 2.47. The van der Waals surface area contributed by atoms with Crippen LogP contribution < -0.4 is 5.32 Å². The molecule has 1 saturated carbocycles. The minimum atomic E-state index is -0.0976. The van der Waals surface area contributed by atoms with Crippen LogP contribution in [0.5, 0.6) is 0 Å². The summed E-state index contributed by atoms with van der Waals surface area (Å²) < 4.78 is 0. The van der Waals surface area contributed by atoms with Crippen LogP contribution in [0.2, 0.25) is 0 Å². The summed E-state index contributed by atoms with van der Waals surface area (Å²) in [7, 11) is 0. The SMILES string of the molecule is CC(CO)CNC(=O)c1cccnc1SCC1CCCCC1. The van der Waals surface area contributed by atoms with E-state index in [1.165, 1.54) is 32.1 Å². The van der Waals surface area contributed by atoms with Crippen LogP contribution >= 0.6 is 11.8 Å². The van der Waals surface area contributed by atoms with Crippen LogP contribution in [0.3, 0.4) is 0 Å². The van der Waals surface area contributed by atoms with Gasteiger partial charge in [-0.05, 0) is 36.8 Å². The molecule has 1 aliphatic rings. The molecule has 4 nitrogen and oxygen atoms in total. The van der Waals surface area contributed by atoms with Crippen LogP contribution in [0, 0.1) is 11.8 Å². The number of carbonyl (C=O) groups excluding carboxylic acids is 1. The number of carbonyl (C=O) groups is 1. The van der Waals surface area contributed by atoms with Crippen molar-refractivity contribution in [3.05, 3.63) is 23.9 Å². The van der Waals surface area contributed by atoms with Crippen molar-refractivity contribution in [3.8, 4) is 0 Å². The Bertz CT molecular complexity index is 475. The van der Waals surface area contributed by atoms with Gasteiger partial charge >= 0.3 is 0 Å². The molecule has 1 aromatic rings. The molecular formula is C17H26N2O2S. The monoisotopic (exact) mass is 322 g/mol.